The number of para-hydroxylation sites is 1. The average molecular weight is 790 g/mol. The van der Waals surface area contributed by atoms with Crippen LogP contribution in [0, 0.1) is 0 Å². The third-order valence-electron chi connectivity index (χ3n) is 9.51. The fraction of sp³-hybridized carbons (Fsp3) is 0.302. The lowest BCUT2D eigenvalue weighted by Gasteiger charge is -2.39. The molecule has 10 N–H and O–H groups in total. The Labute approximate surface area is 337 Å². The molecule has 15 nitrogen and oxygen atoms in total. The molecule has 0 aliphatic carbocycles. The second-order valence-corrected chi connectivity index (χ2v) is 13.8. The summed E-state index contributed by atoms with van der Waals surface area (Å²) < 4.78 is 5.94. The van der Waals surface area contributed by atoms with E-state index < -0.39 is 47.8 Å². The first-order valence-corrected chi connectivity index (χ1v) is 19.3. The van der Waals surface area contributed by atoms with Crippen molar-refractivity contribution in [3.05, 3.63) is 132 Å². The highest BCUT2D eigenvalue weighted by Crippen LogP contribution is 2.24. The molecule has 1 aliphatic rings. The standard InChI is InChI=1S/C43H51N9O6/c44-25-11-10-19-34(49-39(54)35(20-12-26-47-43(45)46)48-38(53)31-15-6-2-7-16-31)40(55)51-37(30-21-23-33(24-22-30)58-28-29-13-4-1-5-14-29)41(56)50-36-27-52(42(36)57)32-17-8-3-9-18-32/h1-9,13-18,21-24,34-37H,10-12,19-20,25-28,44H2,(H,48,53)(H,49,54)(H,50,56)(H,51,55)(H4,45,46,47). The van der Waals surface area contributed by atoms with E-state index in [1.807, 2.05) is 48.5 Å². The van der Waals surface area contributed by atoms with Gasteiger partial charge in [0.1, 0.15) is 36.5 Å². The van der Waals surface area contributed by atoms with Crippen LogP contribution in [0.3, 0.4) is 0 Å². The highest BCUT2D eigenvalue weighted by atomic mass is 16.5. The summed E-state index contributed by atoms with van der Waals surface area (Å²) >= 11 is 0. The van der Waals surface area contributed by atoms with E-state index in [0.717, 1.165) is 5.56 Å². The first kappa shape index (κ1) is 42.4. The molecule has 1 saturated heterocycles. The van der Waals surface area contributed by atoms with Gasteiger partial charge in [-0.2, -0.15) is 0 Å². The molecule has 5 amide bonds. The Bertz CT molecular complexity index is 2000. The van der Waals surface area contributed by atoms with E-state index in [2.05, 4.69) is 26.3 Å². The SMILES string of the molecule is NCCCCC(NC(=O)C(CCCN=C(N)N)NC(=O)c1ccccc1)C(=O)NC(C(=O)NC1CN(c2ccccc2)C1=O)c1ccc(OCc2ccccc2)cc1. The molecule has 0 aromatic heterocycles. The monoisotopic (exact) mass is 789 g/mol. The highest BCUT2D eigenvalue weighted by molar-refractivity contribution is 6.06. The number of nitrogens with two attached hydrogens (primary N) is 3. The fourth-order valence-corrected chi connectivity index (χ4v) is 6.31. The Morgan fingerprint density at radius 3 is 1.97 bits per heavy atom. The van der Waals surface area contributed by atoms with E-state index in [1.54, 1.807) is 71.6 Å². The van der Waals surface area contributed by atoms with Crippen LogP contribution in [-0.4, -0.2) is 73.3 Å². The van der Waals surface area contributed by atoms with Crippen molar-refractivity contribution in [3.63, 3.8) is 0 Å². The molecule has 5 rings (SSSR count). The molecule has 0 spiro atoms. The second kappa shape index (κ2) is 21.5. The van der Waals surface area contributed by atoms with Gasteiger partial charge in [0, 0.05) is 17.8 Å². The number of hydrogen-bond donors (Lipinski definition) is 7. The molecule has 4 unspecified atom stereocenters. The van der Waals surface area contributed by atoms with E-state index in [0.29, 0.717) is 55.0 Å². The third kappa shape index (κ3) is 12.4. The lowest BCUT2D eigenvalue weighted by Crippen LogP contribution is -2.65. The first-order chi connectivity index (χ1) is 28.1. The number of rotatable bonds is 21. The molecule has 304 valence electrons. The van der Waals surface area contributed by atoms with Crippen LogP contribution in [0.4, 0.5) is 5.69 Å². The average Bonchev–Trinajstić information content (AvgIpc) is 3.24. The molecule has 4 atom stereocenters. The van der Waals surface area contributed by atoms with Crippen LogP contribution in [-0.2, 0) is 25.8 Å². The van der Waals surface area contributed by atoms with Gasteiger partial charge in [-0.25, -0.2) is 0 Å². The maximum Gasteiger partial charge on any atom is 0.251 e. The van der Waals surface area contributed by atoms with Crippen molar-refractivity contribution < 1.29 is 28.7 Å². The number of carbonyl (C=O) groups excluding carboxylic acids is 5. The summed E-state index contributed by atoms with van der Waals surface area (Å²) in [5.41, 5.74) is 19.2. The third-order valence-corrected chi connectivity index (χ3v) is 9.51. The van der Waals surface area contributed by atoms with Crippen molar-refractivity contribution in [1.82, 2.24) is 21.3 Å². The number of amides is 5. The van der Waals surface area contributed by atoms with Gasteiger partial charge in [0.2, 0.25) is 17.7 Å². The van der Waals surface area contributed by atoms with Gasteiger partial charge in [-0.3, -0.25) is 29.0 Å². The fourth-order valence-electron chi connectivity index (χ4n) is 6.31. The van der Waals surface area contributed by atoms with Crippen LogP contribution in [0.5, 0.6) is 5.75 Å². The molecule has 4 aromatic carbocycles. The Morgan fingerprint density at radius 1 is 0.724 bits per heavy atom. The number of carbonyl (C=O) groups is 5. The van der Waals surface area contributed by atoms with Gasteiger partial charge in [-0.05, 0) is 86.2 Å². The van der Waals surface area contributed by atoms with Crippen molar-refractivity contribution >= 4 is 41.2 Å². The number of nitrogens with zero attached hydrogens (tertiary/aromatic N) is 2. The number of ether oxygens (including phenoxy) is 1. The minimum Gasteiger partial charge on any atom is -0.489 e. The van der Waals surface area contributed by atoms with Crippen molar-refractivity contribution in [3.8, 4) is 5.75 Å². The molecule has 1 aliphatic heterocycles. The number of β-lactam (4-membered cyclic amide) rings is 1. The minimum absolute atomic E-state index is 0.103. The van der Waals surface area contributed by atoms with Gasteiger partial charge < -0.3 is 48.1 Å². The first-order valence-electron chi connectivity index (χ1n) is 19.3. The van der Waals surface area contributed by atoms with Crippen LogP contribution in [0.2, 0.25) is 0 Å². The van der Waals surface area contributed by atoms with E-state index in [1.165, 1.54) is 0 Å². The molecule has 1 heterocycles. The zero-order valence-corrected chi connectivity index (χ0v) is 32.2. The normalized spacial score (nSPS) is 14.8. The quantitative estimate of drug-likeness (QED) is 0.0284. The molecule has 0 saturated carbocycles. The maximum absolute atomic E-state index is 14.2. The Morgan fingerprint density at radius 2 is 1.33 bits per heavy atom. The molecule has 0 radical (unpaired) electrons. The molecular formula is C43H51N9O6. The predicted octanol–water partition coefficient (Wildman–Crippen LogP) is 2.42. The Balaban J connectivity index is 1.34. The summed E-state index contributed by atoms with van der Waals surface area (Å²) in [6.45, 7) is 1.15. The Hall–Kier alpha value is -6.74. The zero-order chi connectivity index (χ0) is 41.3. The van der Waals surface area contributed by atoms with Crippen LogP contribution < -0.4 is 48.1 Å². The largest absolute Gasteiger partial charge is 0.489 e. The van der Waals surface area contributed by atoms with E-state index in [-0.39, 0.29) is 37.8 Å². The number of benzene rings is 4. The van der Waals surface area contributed by atoms with Crippen molar-refractivity contribution in [1.29, 1.82) is 0 Å². The second-order valence-electron chi connectivity index (χ2n) is 13.8. The molecule has 58 heavy (non-hydrogen) atoms. The van der Waals surface area contributed by atoms with Crippen LogP contribution in [0.25, 0.3) is 0 Å². The predicted molar refractivity (Wildman–Crippen MR) is 221 cm³/mol. The molecule has 1 fully saturated rings. The number of unbranched alkanes of at least 4 members (excludes halogenated alkanes) is 1. The summed E-state index contributed by atoms with van der Waals surface area (Å²) in [5, 5.41) is 11.2. The van der Waals surface area contributed by atoms with Crippen LogP contribution in [0.15, 0.2) is 120 Å². The van der Waals surface area contributed by atoms with E-state index >= 15 is 0 Å². The number of guanidine groups is 1. The van der Waals surface area contributed by atoms with Crippen molar-refractivity contribution in [2.24, 2.45) is 22.2 Å². The molecule has 0 bridgehead atoms. The van der Waals surface area contributed by atoms with E-state index in [9.17, 15) is 24.0 Å². The summed E-state index contributed by atoms with van der Waals surface area (Å²) in [6.07, 6.45) is 1.76. The lowest BCUT2D eigenvalue weighted by molar-refractivity contribution is -0.135. The lowest BCUT2D eigenvalue weighted by atomic mass is 10.0. The number of anilines is 1. The summed E-state index contributed by atoms with van der Waals surface area (Å²) in [6, 6.07) is 29.7. The van der Waals surface area contributed by atoms with Crippen LogP contribution in [0.1, 0.15) is 59.6 Å². The smallest absolute Gasteiger partial charge is 0.251 e. The topological polar surface area (TPSA) is 236 Å². The van der Waals surface area contributed by atoms with E-state index in [4.69, 9.17) is 21.9 Å². The number of hydrogen-bond acceptors (Lipinski definition) is 8. The summed E-state index contributed by atoms with van der Waals surface area (Å²) in [4.78, 5) is 74.0. The van der Waals surface area contributed by atoms with Gasteiger partial charge in [0.15, 0.2) is 5.96 Å². The number of nitrogens with one attached hydrogen (secondary N) is 4. The summed E-state index contributed by atoms with van der Waals surface area (Å²) in [5.74, 6) is -2.19. The van der Waals surface area contributed by atoms with Crippen LogP contribution >= 0.6 is 0 Å². The van der Waals surface area contributed by atoms with Gasteiger partial charge >= 0.3 is 0 Å². The maximum atomic E-state index is 14.2. The zero-order valence-electron chi connectivity index (χ0n) is 32.2. The number of aliphatic imine (C=N–C) groups is 1. The van der Waals surface area contributed by atoms with Gasteiger partial charge in [-0.1, -0.05) is 78.9 Å². The Kier molecular flexibility index (Phi) is 15.7. The summed E-state index contributed by atoms with van der Waals surface area (Å²) in [7, 11) is 0. The molecule has 4 aromatic rings. The molecule has 15 heteroatoms. The van der Waals surface area contributed by atoms with Gasteiger partial charge in [0.05, 0.1) is 6.54 Å². The van der Waals surface area contributed by atoms with Crippen molar-refractivity contribution in [2.45, 2.75) is 62.9 Å². The highest BCUT2D eigenvalue weighted by Gasteiger charge is 2.40. The minimum atomic E-state index is -1.25. The van der Waals surface area contributed by atoms with Crippen molar-refractivity contribution in [2.75, 3.05) is 24.5 Å². The van der Waals surface area contributed by atoms with Gasteiger partial charge in [0.25, 0.3) is 11.8 Å². The van der Waals surface area contributed by atoms with Gasteiger partial charge in [-0.15, -0.1) is 0 Å². The molecular weight excluding hydrogens is 739 g/mol.